The van der Waals surface area contributed by atoms with Gasteiger partial charge in [0.15, 0.2) is 5.65 Å². The Balaban J connectivity index is 2.23. The Bertz CT molecular complexity index is 556. The number of aromatic amines is 1. The van der Waals surface area contributed by atoms with Crippen molar-refractivity contribution in [2.75, 3.05) is 11.5 Å². The fraction of sp³-hybridized carbons (Fsp3) is 0.250. The molecule has 0 fully saturated rings. The highest BCUT2D eigenvalue weighted by Gasteiger charge is 2.15. The van der Waals surface area contributed by atoms with Crippen LogP contribution < -0.4 is 11.5 Å². The van der Waals surface area contributed by atoms with Crippen molar-refractivity contribution in [3.63, 3.8) is 0 Å². The van der Waals surface area contributed by atoms with Crippen LogP contribution in [0, 0.1) is 0 Å². The van der Waals surface area contributed by atoms with Gasteiger partial charge in [0.05, 0.1) is 6.33 Å². The predicted octanol–water partition coefficient (Wildman–Crippen LogP) is -0.561. The Morgan fingerprint density at radius 3 is 3.06 bits per heavy atom. The first kappa shape index (κ1) is 11.6. The maximum Gasteiger partial charge on any atom is 0.321 e. The number of thioether (sulfide) groups is 1. The minimum atomic E-state index is -1.06. The molecule has 2 rings (SSSR count). The second-order valence-electron chi connectivity index (χ2n) is 3.24. The standard InChI is InChI=1S/C8H10N6O2S/c9-3(7(15)16)1-17-6-4-5(12-2-11-4)13-8(10)14-6/h2-3H,1,9H2,(H,15,16)(H3,10,11,12,13,14). The molecular weight excluding hydrogens is 244 g/mol. The summed E-state index contributed by atoms with van der Waals surface area (Å²) in [6, 6.07) is -0.950. The van der Waals surface area contributed by atoms with Crippen LogP contribution in [0.15, 0.2) is 11.4 Å². The number of hydrogen-bond donors (Lipinski definition) is 4. The van der Waals surface area contributed by atoms with Gasteiger partial charge < -0.3 is 21.6 Å². The van der Waals surface area contributed by atoms with Gasteiger partial charge in [-0.3, -0.25) is 4.79 Å². The molecule has 0 aromatic carbocycles. The molecule has 0 radical (unpaired) electrons. The first-order valence-corrected chi connectivity index (χ1v) is 5.64. The molecule has 0 amide bonds. The summed E-state index contributed by atoms with van der Waals surface area (Å²) in [5, 5.41) is 9.22. The van der Waals surface area contributed by atoms with Gasteiger partial charge in [-0.2, -0.15) is 4.98 Å². The van der Waals surface area contributed by atoms with Crippen LogP contribution in [0.5, 0.6) is 0 Å². The number of imidazole rings is 1. The van der Waals surface area contributed by atoms with Crippen LogP contribution in [0.4, 0.5) is 5.95 Å². The molecule has 0 spiro atoms. The maximum atomic E-state index is 10.6. The number of H-pyrrole nitrogens is 1. The Morgan fingerprint density at radius 2 is 2.35 bits per heavy atom. The lowest BCUT2D eigenvalue weighted by Gasteiger charge is -2.06. The monoisotopic (exact) mass is 254 g/mol. The molecule has 6 N–H and O–H groups in total. The minimum absolute atomic E-state index is 0.0935. The highest BCUT2D eigenvalue weighted by Crippen LogP contribution is 2.23. The Kier molecular flexibility index (Phi) is 3.11. The molecule has 0 saturated heterocycles. The van der Waals surface area contributed by atoms with Crippen LogP contribution in [0.2, 0.25) is 0 Å². The molecule has 1 atom stereocenters. The van der Waals surface area contributed by atoms with E-state index in [2.05, 4.69) is 19.9 Å². The summed E-state index contributed by atoms with van der Waals surface area (Å²) < 4.78 is 0. The number of carboxylic acids is 1. The van der Waals surface area contributed by atoms with E-state index in [0.29, 0.717) is 16.2 Å². The smallest absolute Gasteiger partial charge is 0.321 e. The fourth-order valence-corrected chi connectivity index (χ4v) is 2.10. The van der Waals surface area contributed by atoms with E-state index in [9.17, 15) is 4.79 Å². The SMILES string of the molecule is Nc1nc(SCC(N)C(=O)O)c2[nH]cnc2n1. The van der Waals surface area contributed by atoms with Crippen molar-refractivity contribution < 1.29 is 9.90 Å². The van der Waals surface area contributed by atoms with E-state index in [-0.39, 0.29) is 11.7 Å². The molecule has 0 saturated carbocycles. The molecule has 2 heterocycles. The van der Waals surface area contributed by atoms with Gasteiger partial charge in [-0.1, -0.05) is 0 Å². The number of nitrogen functional groups attached to an aromatic ring is 1. The third-order valence-corrected chi connectivity index (χ3v) is 3.08. The summed E-state index contributed by atoms with van der Waals surface area (Å²) in [6.45, 7) is 0. The van der Waals surface area contributed by atoms with E-state index < -0.39 is 12.0 Å². The van der Waals surface area contributed by atoms with E-state index in [1.807, 2.05) is 0 Å². The Morgan fingerprint density at radius 1 is 1.59 bits per heavy atom. The number of aromatic nitrogens is 4. The Labute approximate surface area is 99.8 Å². The number of hydrogen-bond acceptors (Lipinski definition) is 7. The van der Waals surface area contributed by atoms with Crippen molar-refractivity contribution in [2.24, 2.45) is 5.73 Å². The number of nitrogens with two attached hydrogens (primary N) is 2. The average molecular weight is 254 g/mol. The number of aliphatic carboxylic acids is 1. The molecule has 0 bridgehead atoms. The Hall–Kier alpha value is -1.87. The van der Waals surface area contributed by atoms with E-state index in [4.69, 9.17) is 16.6 Å². The molecule has 1 unspecified atom stereocenters. The average Bonchev–Trinajstić information content (AvgIpc) is 2.72. The van der Waals surface area contributed by atoms with Crippen molar-refractivity contribution in [1.82, 2.24) is 19.9 Å². The maximum absolute atomic E-state index is 10.6. The summed E-state index contributed by atoms with van der Waals surface area (Å²) in [6.07, 6.45) is 1.47. The number of nitrogens with zero attached hydrogens (tertiary/aromatic N) is 3. The molecule has 0 aliphatic rings. The number of carboxylic acid groups (broad SMARTS) is 1. The third-order valence-electron chi connectivity index (χ3n) is 1.99. The molecule has 2 aromatic heterocycles. The quantitative estimate of drug-likeness (QED) is 0.419. The van der Waals surface area contributed by atoms with Crippen LogP contribution in [-0.4, -0.2) is 42.8 Å². The molecular formula is C8H10N6O2S. The number of carbonyl (C=O) groups is 1. The number of anilines is 1. The van der Waals surface area contributed by atoms with E-state index in [0.717, 1.165) is 0 Å². The lowest BCUT2D eigenvalue weighted by molar-refractivity contribution is -0.137. The summed E-state index contributed by atoms with van der Waals surface area (Å²) >= 11 is 1.20. The van der Waals surface area contributed by atoms with Crippen LogP contribution >= 0.6 is 11.8 Å². The van der Waals surface area contributed by atoms with E-state index in [1.165, 1.54) is 18.1 Å². The molecule has 9 heteroatoms. The van der Waals surface area contributed by atoms with Gasteiger partial charge in [0, 0.05) is 5.75 Å². The van der Waals surface area contributed by atoms with Gasteiger partial charge in [-0.15, -0.1) is 11.8 Å². The van der Waals surface area contributed by atoms with Crippen LogP contribution in [-0.2, 0) is 4.79 Å². The zero-order valence-corrected chi connectivity index (χ0v) is 9.44. The molecule has 0 aliphatic carbocycles. The van der Waals surface area contributed by atoms with Crippen molar-refractivity contribution in [3.8, 4) is 0 Å². The van der Waals surface area contributed by atoms with Gasteiger partial charge in [0.1, 0.15) is 16.6 Å². The lowest BCUT2D eigenvalue weighted by Crippen LogP contribution is -2.32. The van der Waals surface area contributed by atoms with Gasteiger partial charge in [-0.05, 0) is 0 Å². The highest BCUT2D eigenvalue weighted by molar-refractivity contribution is 7.99. The van der Waals surface area contributed by atoms with Crippen molar-refractivity contribution in [1.29, 1.82) is 0 Å². The molecule has 17 heavy (non-hydrogen) atoms. The van der Waals surface area contributed by atoms with E-state index in [1.54, 1.807) is 0 Å². The number of fused-ring (bicyclic) bond motifs is 1. The van der Waals surface area contributed by atoms with Crippen LogP contribution in [0.1, 0.15) is 0 Å². The lowest BCUT2D eigenvalue weighted by atomic mass is 10.4. The summed E-state index contributed by atoms with van der Waals surface area (Å²) in [7, 11) is 0. The fourth-order valence-electron chi connectivity index (χ4n) is 1.17. The summed E-state index contributed by atoms with van der Waals surface area (Å²) in [4.78, 5) is 25.3. The molecule has 2 aromatic rings. The molecule has 8 nitrogen and oxygen atoms in total. The second-order valence-corrected chi connectivity index (χ2v) is 4.25. The summed E-state index contributed by atoms with van der Waals surface area (Å²) in [5.41, 5.74) is 12.0. The largest absolute Gasteiger partial charge is 0.480 e. The van der Waals surface area contributed by atoms with Gasteiger partial charge in [0.25, 0.3) is 0 Å². The zero-order valence-electron chi connectivity index (χ0n) is 8.62. The molecule has 0 aliphatic heterocycles. The van der Waals surface area contributed by atoms with Gasteiger partial charge in [0.2, 0.25) is 5.95 Å². The van der Waals surface area contributed by atoms with Crippen LogP contribution in [0.3, 0.4) is 0 Å². The topological polar surface area (TPSA) is 144 Å². The first-order valence-electron chi connectivity index (χ1n) is 4.65. The second kappa shape index (κ2) is 4.55. The number of nitrogens with one attached hydrogen (secondary N) is 1. The number of rotatable bonds is 4. The third kappa shape index (κ3) is 2.45. The van der Waals surface area contributed by atoms with Crippen LogP contribution in [0.25, 0.3) is 11.2 Å². The summed E-state index contributed by atoms with van der Waals surface area (Å²) in [5.74, 6) is -0.767. The first-order chi connectivity index (χ1) is 8.08. The van der Waals surface area contributed by atoms with Gasteiger partial charge >= 0.3 is 5.97 Å². The molecule has 90 valence electrons. The highest BCUT2D eigenvalue weighted by atomic mass is 32.2. The van der Waals surface area contributed by atoms with Crippen molar-refractivity contribution >= 4 is 34.8 Å². The zero-order chi connectivity index (χ0) is 12.4. The van der Waals surface area contributed by atoms with Gasteiger partial charge in [-0.25, -0.2) is 9.97 Å². The van der Waals surface area contributed by atoms with Crippen molar-refractivity contribution in [2.45, 2.75) is 11.1 Å². The van der Waals surface area contributed by atoms with Crippen molar-refractivity contribution in [3.05, 3.63) is 6.33 Å². The minimum Gasteiger partial charge on any atom is -0.480 e. The van der Waals surface area contributed by atoms with E-state index >= 15 is 0 Å². The predicted molar refractivity (Wildman–Crippen MR) is 62.4 cm³/mol. The normalized spacial score (nSPS) is 12.8.